The third-order valence-corrected chi connectivity index (χ3v) is 5.64. The number of thioether (sulfide) groups is 1. The Hall–Kier alpha value is -2.27. The number of halogens is 1. The molecule has 144 valence electrons. The highest BCUT2D eigenvalue weighted by Crippen LogP contribution is 2.21. The van der Waals surface area contributed by atoms with E-state index in [-0.39, 0.29) is 5.56 Å². The molecule has 0 saturated heterocycles. The fraction of sp³-hybridized carbons (Fsp3) is 0.174. The quantitative estimate of drug-likeness (QED) is 0.385. The summed E-state index contributed by atoms with van der Waals surface area (Å²) in [6.45, 7) is 9.30. The van der Waals surface area contributed by atoms with Crippen molar-refractivity contribution in [2.75, 3.05) is 12.3 Å². The van der Waals surface area contributed by atoms with Gasteiger partial charge in [0, 0.05) is 40.9 Å². The Morgan fingerprint density at radius 1 is 1.18 bits per heavy atom. The molecule has 1 heterocycles. The molecule has 3 aromatic rings. The molecule has 0 radical (unpaired) electrons. The van der Waals surface area contributed by atoms with E-state index < -0.39 is 0 Å². The number of hydrogen-bond acceptors (Lipinski definition) is 3. The molecule has 0 aliphatic rings. The van der Waals surface area contributed by atoms with Gasteiger partial charge < -0.3 is 9.88 Å². The number of aromatic nitrogens is 1. The largest absolute Gasteiger partial charge is 0.308 e. The minimum Gasteiger partial charge on any atom is -0.308 e. The fourth-order valence-electron chi connectivity index (χ4n) is 2.95. The van der Waals surface area contributed by atoms with Crippen molar-refractivity contribution in [1.29, 1.82) is 0 Å². The molecule has 1 N–H and O–H groups in total. The van der Waals surface area contributed by atoms with E-state index >= 15 is 0 Å². The maximum Gasteiger partial charge on any atom is 0.255 e. The van der Waals surface area contributed by atoms with Gasteiger partial charge in [-0.2, -0.15) is 0 Å². The van der Waals surface area contributed by atoms with Gasteiger partial charge in [-0.1, -0.05) is 55.1 Å². The van der Waals surface area contributed by atoms with Crippen LogP contribution in [0, 0.1) is 0 Å². The Kier molecular flexibility index (Phi) is 7.15. The maximum atomic E-state index is 13.1. The zero-order chi connectivity index (χ0) is 19.9. The first-order valence-electron chi connectivity index (χ1n) is 9.09. The number of rotatable bonds is 9. The number of hydrogen-bond donors (Lipinski definition) is 1. The van der Waals surface area contributed by atoms with E-state index in [1.54, 1.807) is 17.8 Å². The molecule has 5 heteroatoms. The third kappa shape index (κ3) is 5.16. The summed E-state index contributed by atoms with van der Waals surface area (Å²) in [6, 6.07) is 17.8. The topological polar surface area (TPSA) is 34.0 Å². The molecule has 0 bridgehead atoms. The van der Waals surface area contributed by atoms with Crippen molar-refractivity contribution < 1.29 is 0 Å². The van der Waals surface area contributed by atoms with Crippen LogP contribution in [0.15, 0.2) is 89.1 Å². The second-order valence-corrected chi connectivity index (χ2v) is 8.06. The summed E-state index contributed by atoms with van der Waals surface area (Å²) in [6.07, 6.45) is 1.72. The predicted molar refractivity (Wildman–Crippen MR) is 121 cm³/mol. The van der Waals surface area contributed by atoms with Gasteiger partial charge in [0.2, 0.25) is 0 Å². The lowest BCUT2D eigenvalue weighted by Crippen LogP contribution is -2.28. The number of fused-ring (bicyclic) bond motifs is 1. The van der Waals surface area contributed by atoms with Crippen LogP contribution in [0.3, 0.4) is 0 Å². The number of aryl methyl sites for hydroxylation is 1. The van der Waals surface area contributed by atoms with Crippen LogP contribution in [0.5, 0.6) is 0 Å². The van der Waals surface area contributed by atoms with Crippen molar-refractivity contribution in [2.45, 2.75) is 18.0 Å². The highest BCUT2D eigenvalue weighted by molar-refractivity contribution is 7.99. The molecule has 0 spiro atoms. The molecule has 0 atom stereocenters. The first-order valence-corrected chi connectivity index (χ1v) is 10.5. The first kappa shape index (κ1) is 20.5. The molecule has 0 unspecified atom stereocenters. The van der Waals surface area contributed by atoms with E-state index in [4.69, 9.17) is 11.6 Å². The van der Waals surface area contributed by atoms with E-state index in [0.717, 1.165) is 27.8 Å². The van der Waals surface area contributed by atoms with Gasteiger partial charge in [-0.3, -0.25) is 4.79 Å². The monoisotopic (exact) mass is 410 g/mol. The molecule has 28 heavy (non-hydrogen) atoms. The zero-order valence-corrected chi connectivity index (χ0v) is 17.2. The molecular formula is C23H23ClN2OS. The van der Waals surface area contributed by atoms with Gasteiger partial charge in [-0.15, -0.1) is 11.8 Å². The predicted octanol–water partition coefficient (Wildman–Crippen LogP) is 5.28. The molecule has 0 aliphatic heterocycles. The fourth-order valence-corrected chi connectivity index (χ4v) is 3.98. The van der Waals surface area contributed by atoms with Crippen LogP contribution >= 0.6 is 23.4 Å². The summed E-state index contributed by atoms with van der Waals surface area (Å²) in [5, 5.41) is 4.90. The summed E-state index contributed by atoms with van der Waals surface area (Å²) in [5.41, 5.74) is 2.51. The van der Waals surface area contributed by atoms with Crippen molar-refractivity contribution in [3.8, 4) is 0 Å². The van der Waals surface area contributed by atoms with Gasteiger partial charge in [-0.05, 0) is 41.3 Å². The van der Waals surface area contributed by atoms with Crippen molar-refractivity contribution in [3.63, 3.8) is 0 Å². The van der Waals surface area contributed by atoms with Crippen molar-refractivity contribution in [3.05, 3.63) is 100 Å². The van der Waals surface area contributed by atoms with E-state index in [1.165, 1.54) is 4.90 Å². The first-order chi connectivity index (χ1) is 13.6. The summed E-state index contributed by atoms with van der Waals surface area (Å²) in [7, 11) is 0. The standard InChI is InChI=1S/C23H23ClN2OS/c1-3-17(2)15-25-16-19-13-18-9-10-20(24)14-22(18)26(23(19)27)11-12-28-21-7-5-4-6-8-21/h3-10,13-14,25H,1-2,11-12,15-16H2. The van der Waals surface area contributed by atoms with Crippen LogP contribution < -0.4 is 10.9 Å². The van der Waals surface area contributed by atoms with Gasteiger partial charge in [-0.25, -0.2) is 0 Å². The Labute approximate surface area is 174 Å². The van der Waals surface area contributed by atoms with Crippen molar-refractivity contribution >= 4 is 34.3 Å². The number of nitrogens with zero attached hydrogens (tertiary/aromatic N) is 1. The summed E-state index contributed by atoms with van der Waals surface area (Å²) in [5.74, 6) is 0.801. The van der Waals surface area contributed by atoms with Crippen molar-refractivity contribution in [2.24, 2.45) is 0 Å². The van der Waals surface area contributed by atoms with Gasteiger partial charge in [0.05, 0.1) is 5.52 Å². The van der Waals surface area contributed by atoms with Crippen LogP contribution in [0.25, 0.3) is 10.9 Å². The Morgan fingerprint density at radius 2 is 1.96 bits per heavy atom. The lowest BCUT2D eigenvalue weighted by atomic mass is 10.1. The van der Waals surface area contributed by atoms with Crippen LogP contribution in [0.2, 0.25) is 5.02 Å². The van der Waals surface area contributed by atoms with Gasteiger partial charge in [0.15, 0.2) is 0 Å². The molecular weight excluding hydrogens is 388 g/mol. The Bertz CT molecular complexity index is 1040. The number of nitrogens with one attached hydrogen (secondary N) is 1. The van der Waals surface area contributed by atoms with Crippen LogP contribution in [-0.2, 0) is 13.1 Å². The average molecular weight is 411 g/mol. The van der Waals surface area contributed by atoms with Gasteiger partial charge in [0.25, 0.3) is 5.56 Å². The average Bonchev–Trinajstić information content (AvgIpc) is 2.71. The van der Waals surface area contributed by atoms with E-state index in [9.17, 15) is 4.79 Å². The normalized spacial score (nSPS) is 10.9. The number of benzene rings is 2. The van der Waals surface area contributed by atoms with Gasteiger partial charge in [0.1, 0.15) is 0 Å². The highest BCUT2D eigenvalue weighted by Gasteiger charge is 2.10. The molecule has 0 fully saturated rings. The Morgan fingerprint density at radius 3 is 2.71 bits per heavy atom. The minimum atomic E-state index is 0.0140. The zero-order valence-electron chi connectivity index (χ0n) is 15.7. The minimum absolute atomic E-state index is 0.0140. The molecule has 2 aromatic carbocycles. The lowest BCUT2D eigenvalue weighted by Gasteiger charge is -2.14. The highest BCUT2D eigenvalue weighted by atomic mass is 35.5. The summed E-state index contributed by atoms with van der Waals surface area (Å²) < 4.78 is 1.83. The second-order valence-electron chi connectivity index (χ2n) is 6.46. The summed E-state index contributed by atoms with van der Waals surface area (Å²) in [4.78, 5) is 14.3. The number of pyridine rings is 1. The van der Waals surface area contributed by atoms with Gasteiger partial charge >= 0.3 is 0 Å². The third-order valence-electron chi connectivity index (χ3n) is 4.42. The molecule has 0 aliphatic carbocycles. The molecule has 3 rings (SSSR count). The molecule has 0 amide bonds. The van der Waals surface area contributed by atoms with Crippen LogP contribution in [-0.4, -0.2) is 16.9 Å². The lowest BCUT2D eigenvalue weighted by molar-refractivity contribution is 0.707. The summed E-state index contributed by atoms with van der Waals surface area (Å²) >= 11 is 7.93. The maximum absolute atomic E-state index is 13.1. The smallest absolute Gasteiger partial charge is 0.255 e. The van der Waals surface area contributed by atoms with E-state index in [2.05, 4.69) is 30.6 Å². The molecule has 1 aromatic heterocycles. The Balaban J connectivity index is 1.85. The van der Waals surface area contributed by atoms with Crippen LogP contribution in [0.4, 0.5) is 0 Å². The molecule has 0 saturated carbocycles. The molecule has 3 nitrogen and oxygen atoms in total. The van der Waals surface area contributed by atoms with Crippen molar-refractivity contribution in [1.82, 2.24) is 9.88 Å². The SMILES string of the molecule is C=CC(=C)CNCc1cc2ccc(Cl)cc2n(CCSc2ccccc2)c1=O. The van der Waals surface area contributed by atoms with E-state index in [1.807, 2.05) is 47.0 Å². The van der Waals surface area contributed by atoms with Crippen LogP contribution in [0.1, 0.15) is 5.56 Å². The second kappa shape index (κ2) is 9.78. The van der Waals surface area contributed by atoms with E-state index in [0.29, 0.717) is 24.7 Å².